The predicted octanol–water partition coefficient (Wildman–Crippen LogP) is 3.71. The first-order chi connectivity index (χ1) is 11.5. The molecule has 132 valence electrons. The summed E-state index contributed by atoms with van der Waals surface area (Å²) in [6, 6.07) is 4.03. The Kier molecular flexibility index (Phi) is 7.12. The lowest BCUT2D eigenvalue weighted by atomic mass is 9.97. The van der Waals surface area contributed by atoms with Crippen LogP contribution in [0.15, 0.2) is 29.3 Å². The van der Waals surface area contributed by atoms with Crippen molar-refractivity contribution < 1.29 is 19.4 Å². The number of carboxylic acid groups (broad SMARTS) is 1. The van der Waals surface area contributed by atoms with Gasteiger partial charge in [-0.05, 0) is 66.5 Å². The summed E-state index contributed by atoms with van der Waals surface area (Å²) < 4.78 is 12.2. The molecule has 1 saturated heterocycles. The second-order valence-corrected chi connectivity index (χ2v) is 6.68. The van der Waals surface area contributed by atoms with Gasteiger partial charge in [0.25, 0.3) is 0 Å². The number of hydrogen-bond acceptors (Lipinski definition) is 4. The Bertz CT molecular complexity index is 583. The highest BCUT2D eigenvalue weighted by atomic mass is 79.9. The van der Waals surface area contributed by atoms with Crippen molar-refractivity contribution in [2.45, 2.75) is 26.3 Å². The molecule has 0 radical (unpaired) electrons. The highest BCUT2D eigenvalue weighted by molar-refractivity contribution is 9.10. The Morgan fingerprint density at radius 3 is 2.71 bits per heavy atom. The summed E-state index contributed by atoms with van der Waals surface area (Å²) in [7, 11) is 0. The molecule has 1 heterocycles. The van der Waals surface area contributed by atoms with E-state index in [2.05, 4.69) is 27.4 Å². The van der Waals surface area contributed by atoms with Crippen molar-refractivity contribution >= 4 is 21.9 Å². The number of halogens is 1. The Labute approximate surface area is 151 Å². The Morgan fingerprint density at radius 1 is 1.42 bits per heavy atom. The molecule has 1 aromatic rings. The molecule has 1 N–H and O–H groups in total. The van der Waals surface area contributed by atoms with E-state index >= 15 is 0 Å². The molecule has 1 fully saturated rings. The lowest BCUT2D eigenvalue weighted by molar-refractivity contribution is -0.143. The molecule has 5 nitrogen and oxygen atoms in total. The zero-order valence-corrected chi connectivity index (χ0v) is 15.5. The minimum atomic E-state index is -0.681. The van der Waals surface area contributed by atoms with E-state index in [4.69, 9.17) is 14.6 Å². The van der Waals surface area contributed by atoms with Crippen molar-refractivity contribution in [3.8, 4) is 11.5 Å². The monoisotopic (exact) mass is 397 g/mol. The van der Waals surface area contributed by atoms with Crippen LogP contribution in [0.5, 0.6) is 11.5 Å². The van der Waals surface area contributed by atoms with Gasteiger partial charge in [0.2, 0.25) is 0 Å². The van der Waals surface area contributed by atoms with Gasteiger partial charge in [0, 0.05) is 6.54 Å². The van der Waals surface area contributed by atoms with Crippen molar-refractivity contribution in [2.75, 3.05) is 26.3 Å². The third kappa shape index (κ3) is 4.98. The molecule has 0 unspecified atom stereocenters. The van der Waals surface area contributed by atoms with Gasteiger partial charge in [-0.15, -0.1) is 0 Å². The number of hydrogen-bond donors (Lipinski definition) is 1. The summed E-state index contributed by atoms with van der Waals surface area (Å²) >= 11 is 3.56. The minimum absolute atomic E-state index is 0.207. The summed E-state index contributed by atoms with van der Waals surface area (Å²) in [5.41, 5.74) is 1.12. The van der Waals surface area contributed by atoms with Crippen molar-refractivity contribution in [2.24, 2.45) is 5.92 Å². The SMILES string of the molecule is C=CCOc1c(Br)cc(CN2CCC(C(=O)O)CC2)cc1OCC. The van der Waals surface area contributed by atoms with Crippen LogP contribution in [0.1, 0.15) is 25.3 Å². The van der Waals surface area contributed by atoms with E-state index in [1.165, 1.54) is 0 Å². The standard InChI is InChI=1S/C18H24BrNO4/c1-3-9-24-17-15(19)10-13(11-16(17)23-4-2)12-20-7-5-14(6-8-20)18(21)22/h3,10-11,14H,1,4-9,12H2,2H3,(H,21,22). The molecule has 1 aliphatic rings. The van der Waals surface area contributed by atoms with E-state index in [1.54, 1.807) is 6.08 Å². The largest absolute Gasteiger partial charge is 0.490 e. The van der Waals surface area contributed by atoms with Gasteiger partial charge >= 0.3 is 5.97 Å². The van der Waals surface area contributed by atoms with Gasteiger partial charge in [-0.1, -0.05) is 12.7 Å². The summed E-state index contributed by atoms with van der Waals surface area (Å²) in [6.07, 6.45) is 3.10. The number of carbonyl (C=O) groups is 1. The topological polar surface area (TPSA) is 59.0 Å². The van der Waals surface area contributed by atoms with Gasteiger partial charge < -0.3 is 14.6 Å². The first kappa shape index (κ1) is 18.8. The summed E-state index contributed by atoms with van der Waals surface area (Å²) in [4.78, 5) is 13.3. The maximum absolute atomic E-state index is 11.0. The molecule has 0 bridgehead atoms. The van der Waals surface area contributed by atoms with Gasteiger partial charge in [0.1, 0.15) is 6.61 Å². The highest BCUT2D eigenvalue weighted by Gasteiger charge is 2.24. The van der Waals surface area contributed by atoms with E-state index < -0.39 is 5.97 Å². The summed E-state index contributed by atoms with van der Waals surface area (Å²) in [5, 5.41) is 9.09. The van der Waals surface area contributed by atoms with Crippen LogP contribution < -0.4 is 9.47 Å². The normalized spacial score (nSPS) is 15.9. The van der Waals surface area contributed by atoms with E-state index in [0.717, 1.165) is 29.7 Å². The van der Waals surface area contributed by atoms with E-state index in [-0.39, 0.29) is 5.92 Å². The average Bonchev–Trinajstić information content (AvgIpc) is 2.55. The maximum atomic E-state index is 11.0. The first-order valence-corrected chi connectivity index (χ1v) is 8.98. The van der Waals surface area contributed by atoms with Crippen LogP contribution >= 0.6 is 15.9 Å². The number of benzene rings is 1. The van der Waals surface area contributed by atoms with Gasteiger partial charge in [-0.25, -0.2) is 0 Å². The van der Waals surface area contributed by atoms with Gasteiger partial charge in [-0.2, -0.15) is 0 Å². The molecule has 0 aliphatic carbocycles. The molecule has 1 aromatic carbocycles. The highest BCUT2D eigenvalue weighted by Crippen LogP contribution is 2.37. The van der Waals surface area contributed by atoms with Crippen LogP contribution in [0.25, 0.3) is 0 Å². The second kappa shape index (κ2) is 9.08. The van der Waals surface area contributed by atoms with Crippen LogP contribution in [0.3, 0.4) is 0 Å². The molecular formula is C18H24BrNO4. The number of carboxylic acids is 1. The zero-order chi connectivity index (χ0) is 17.5. The van der Waals surface area contributed by atoms with Crippen LogP contribution in [0.4, 0.5) is 0 Å². The van der Waals surface area contributed by atoms with Crippen LogP contribution in [-0.2, 0) is 11.3 Å². The van der Waals surface area contributed by atoms with Gasteiger partial charge in [0.05, 0.1) is 17.0 Å². The third-order valence-corrected chi connectivity index (χ3v) is 4.65. The van der Waals surface area contributed by atoms with Crippen LogP contribution in [0.2, 0.25) is 0 Å². The molecule has 0 amide bonds. The Balaban J connectivity index is 2.07. The summed E-state index contributed by atoms with van der Waals surface area (Å²) in [5.74, 6) is 0.510. The lowest BCUT2D eigenvalue weighted by Crippen LogP contribution is -2.35. The molecule has 0 atom stereocenters. The van der Waals surface area contributed by atoms with Crippen molar-refractivity contribution in [3.63, 3.8) is 0 Å². The van der Waals surface area contributed by atoms with Crippen molar-refractivity contribution in [1.29, 1.82) is 0 Å². The van der Waals surface area contributed by atoms with Crippen molar-refractivity contribution in [1.82, 2.24) is 4.90 Å². The number of rotatable bonds is 8. The molecule has 0 aromatic heterocycles. The molecular weight excluding hydrogens is 374 g/mol. The molecule has 0 spiro atoms. The molecule has 2 rings (SSSR count). The van der Waals surface area contributed by atoms with Gasteiger partial charge in [0.15, 0.2) is 11.5 Å². The molecule has 0 saturated carbocycles. The summed E-state index contributed by atoms with van der Waals surface area (Å²) in [6.45, 7) is 8.95. The fourth-order valence-corrected chi connectivity index (χ4v) is 3.46. The molecule has 6 heteroatoms. The smallest absolute Gasteiger partial charge is 0.306 e. The molecule has 1 aliphatic heterocycles. The molecule has 24 heavy (non-hydrogen) atoms. The quantitative estimate of drug-likeness (QED) is 0.677. The van der Waals surface area contributed by atoms with E-state index in [9.17, 15) is 4.79 Å². The van der Waals surface area contributed by atoms with Crippen LogP contribution in [0, 0.1) is 5.92 Å². The second-order valence-electron chi connectivity index (χ2n) is 5.83. The fraction of sp³-hybridized carbons (Fsp3) is 0.500. The van der Waals surface area contributed by atoms with E-state index in [0.29, 0.717) is 37.6 Å². The van der Waals surface area contributed by atoms with Crippen LogP contribution in [-0.4, -0.2) is 42.3 Å². The lowest BCUT2D eigenvalue weighted by Gasteiger charge is -2.30. The number of ether oxygens (including phenoxy) is 2. The maximum Gasteiger partial charge on any atom is 0.306 e. The van der Waals surface area contributed by atoms with Gasteiger partial charge in [-0.3, -0.25) is 9.69 Å². The number of piperidine rings is 1. The average molecular weight is 398 g/mol. The zero-order valence-electron chi connectivity index (χ0n) is 14.0. The van der Waals surface area contributed by atoms with E-state index in [1.807, 2.05) is 19.1 Å². The Hall–Kier alpha value is -1.53. The fourth-order valence-electron chi connectivity index (χ4n) is 2.85. The number of nitrogens with zero attached hydrogens (tertiary/aromatic N) is 1. The first-order valence-electron chi connectivity index (χ1n) is 8.19. The Morgan fingerprint density at radius 2 is 2.12 bits per heavy atom. The predicted molar refractivity (Wildman–Crippen MR) is 96.6 cm³/mol. The number of likely N-dealkylation sites (tertiary alicyclic amines) is 1. The van der Waals surface area contributed by atoms with Crippen molar-refractivity contribution in [3.05, 3.63) is 34.8 Å². The minimum Gasteiger partial charge on any atom is -0.490 e. The third-order valence-electron chi connectivity index (χ3n) is 4.06. The number of aliphatic carboxylic acids is 1.